The minimum absolute atomic E-state index is 0.00772. The van der Waals surface area contributed by atoms with Crippen molar-refractivity contribution >= 4 is 23.5 Å². The molecule has 0 atom stereocenters. The Balaban J connectivity index is 2.87. The Labute approximate surface area is 109 Å². The summed E-state index contributed by atoms with van der Waals surface area (Å²) in [7, 11) is 0. The minimum atomic E-state index is -1.18. The van der Waals surface area contributed by atoms with Gasteiger partial charge < -0.3 is 15.5 Å². The molecule has 0 aliphatic heterocycles. The van der Waals surface area contributed by atoms with E-state index in [2.05, 4.69) is 5.32 Å². The highest BCUT2D eigenvalue weighted by molar-refractivity contribution is 5.99. The maximum Gasteiger partial charge on any atom is 0.323 e. The third-order valence-electron chi connectivity index (χ3n) is 2.24. The summed E-state index contributed by atoms with van der Waals surface area (Å²) in [6.07, 6.45) is 0. The second kappa shape index (κ2) is 6.39. The molecule has 102 valence electrons. The van der Waals surface area contributed by atoms with E-state index in [-0.39, 0.29) is 18.2 Å². The summed E-state index contributed by atoms with van der Waals surface area (Å²) in [6.45, 7) is 0.446. The molecule has 2 amide bonds. The first-order valence-corrected chi connectivity index (χ1v) is 5.46. The Morgan fingerprint density at radius 1 is 1.21 bits per heavy atom. The number of carbonyl (C=O) groups excluding carboxylic acids is 2. The number of anilines is 1. The summed E-state index contributed by atoms with van der Waals surface area (Å²) in [5.74, 6) is -2.10. The largest absolute Gasteiger partial charge is 0.508 e. The van der Waals surface area contributed by atoms with E-state index in [4.69, 9.17) is 10.2 Å². The van der Waals surface area contributed by atoms with E-state index in [0.29, 0.717) is 5.69 Å². The number of hydrogen-bond donors (Lipinski definition) is 3. The number of aromatic hydroxyl groups is 1. The molecule has 19 heavy (non-hydrogen) atoms. The molecule has 1 aromatic carbocycles. The number of hydrogen-bond acceptors (Lipinski definition) is 4. The fourth-order valence-electron chi connectivity index (χ4n) is 1.39. The van der Waals surface area contributed by atoms with E-state index in [9.17, 15) is 14.4 Å². The molecule has 7 nitrogen and oxygen atoms in total. The quantitative estimate of drug-likeness (QED) is 0.692. The number of phenolic OH excluding ortho intramolecular Hbond substituents is 1. The Hall–Kier alpha value is -2.57. The Bertz CT molecular complexity index is 483. The lowest BCUT2D eigenvalue weighted by Gasteiger charge is -2.21. The summed E-state index contributed by atoms with van der Waals surface area (Å²) in [4.78, 5) is 34.4. The van der Waals surface area contributed by atoms with Crippen LogP contribution in [0, 0.1) is 0 Å². The van der Waals surface area contributed by atoms with Crippen molar-refractivity contribution in [1.82, 2.24) is 5.32 Å². The summed E-state index contributed by atoms with van der Waals surface area (Å²) in [5, 5.41) is 20.3. The van der Waals surface area contributed by atoms with Crippen LogP contribution in [0.2, 0.25) is 0 Å². The fraction of sp³-hybridized carbons (Fsp3) is 0.250. The van der Waals surface area contributed by atoms with E-state index in [1.807, 2.05) is 0 Å². The molecule has 0 aromatic heterocycles. The van der Waals surface area contributed by atoms with Gasteiger partial charge in [0.05, 0.1) is 6.54 Å². The van der Waals surface area contributed by atoms with E-state index in [1.54, 1.807) is 0 Å². The van der Waals surface area contributed by atoms with Crippen LogP contribution < -0.4 is 10.2 Å². The molecular formula is C12H14N2O5. The lowest BCUT2D eigenvalue weighted by atomic mass is 10.2. The van der Waals surface area contributed by atoms with Crippen molar-refractivity contribution in [2.45, 2.75) is 6.92 Å². The SMILES string of the molecule is CC(=O)NCC(=O)N(CC(=O)O)c1ccc(O)cc1. The summed E-state index contributed by atoms with van der Waals surface area (Å²) in [6, 6.07) is 5.53. The van der Waals surface area contributed by atoms with Gasteiger partial charge in [-0.3, -0.25) is 19.3 Å². The van der Waals surface area contributed by atoms with Gasteiger partial charge in [-0.25, -0.2) is 0 Å². The first-order valence-electron chi connectivity index (χ1n) is 5.46. The number of phenols is 1. The van der Waals surface area contributed by atoms with Gasteiger partial charge in [0.15, 0.2) is 0 Å². The highest BCUT2D eigenvalue weighted by atomic mass is 16.4. The van der Waals surface area contributed by atoms with Gasteiger partial charge in [0, 0.05) is 12.6 Å². The standard InChI is InChI=1S/C12H14N2O5/c1-8(15)13-6-11(17)14(7-12(18)19)9-2-4-10(16)5-3-9/h2-5,16H,6-7H2,1H3,(H,13,15)(H,18,19). The normalized spacial score (nSPS) is 9.74. The maximum atomic E-state index is 11.9. The molecule has 0 bridgehead atoms. The van der Waals surface area contributed by atoms with Gasteiger partial charge in [-0.15, -0.1) is 0 Å². The molecule has 0 aliphatic carbocycles. The molecule has 0 radical (unpaired) electrons. The van der Waals surface area contributed by atoms with E-state index in [1.165, 1.54) is 31.2 Å². The van der Waals surface area contributed by atoms with Crippen molar-refractivity contribution in [2.24, 2.45) is 0 Å². The Morgan fingerprint density at radius 2 is 1.79 bits per heavy atom. The van der Waals surface area contributed by atoms with Crippen LogP contribution in [0.1, 0.15) is 6.92 Å². The average molecular weight is 266 g/mol. The Morgan fingerprint density at radius 3 is 2.26 bits per heavy atom. The van der Waals surface area contributed by atoms with Gasteiger partial charge in [-0.05, 0) is 24.3 Å². The summed E-state index contributed by atoms with van der Waals surface area (Å²) >= 11 is 0. The lowest BCUT2D eigenvalue weighted by Crippen LogP contribution is -2.42. The Kier molecular flexibility index (Phi) is 4.87. The number of nitrogens with zero attached hydrogens (tertiary/aromatic N) is 1. The van der Waals surface area contributed by atoms with E-state index < -0.39 is 18.4 Å². The molecule has 1 aromatic rings. The van der Waals surface area contributed by atoms with Crippen LogP contribution in [-0.4, -0.2) is 41.1 Å². The molecule has 0 aliphatic rings. The van der Waals surface area contributed by atoms with Crippen LogP contribution in [0.5, 0.6) is 5.75 Å². The summed E-state index contributed by atoms with van der Waals surface area (Å²) in [5.41, 5.74) is 0.329. The van der Waals surface area contributed by atoms with Crippen molar-refractivity contribution < 1.29 is 24.6 Å². The number of rotatable bonds is 5. The number of nitrogens with one attached hydrogen (secondary N) is 1. The predicted molar refractivity (Wildman–Crippen MR) is 66.8 cm³/mol. The molecule has 0 fully saturated rings. The van der Waals surface area contributed by atoms with Crippen molar-refractivity contribution in [2.75, 3.05) is 18.0 Å². The number of carbonyl (C=O) groups is 3. The molecule has 0 unspecified atom stereocenters. The fourth-order valence-corrected chi connectivity index (χ4v) is 1.39. The third-order valence-corrected chi connectivity index (χ3v) is 2.24. The third kappa shape index (κ3) is 4.66. The van der Waals surface area contributed by atoms with Gasteiger partial charge in [0.2, 0.25) is 11.8 Å². The highest BCUT2D eigenvalue weighted by Gasteiger charge is 2.18. The van der Waals surface area contributed by atoms with Crippen molar-refractivity contribution in [1.29, 1.82) is 0 Å². The van der Waals surface area contributed by atoms with E-state index >= 15 is 0 Å². The lowest BCUT2D eigenvalue weighted by molar-refractivity contribution is -0.136. The maximum absolute atomic E-state index is 11.9. The van der Waals surface area contributed by atoms with Crippen LogP contribution >= 0.6 is 0 Å². The van der Waals surface area contributed by atoms with Crippen LogP contribution in [0.4, 0.5) is 5.69 Å². The topological polar surface area (TPSA) is 107 Å². The molecule has 0 heterocycles. The minimum Gasteiger partial charge on any atom is -0.508 e. The molecule has 3 N–H and O–H groups in total. The van der Waals surface area contributed by atoms with Gasteiger partial charge in [-0.2, -0.15) is 0 Å². The van der Waals surface area contributed by atoms with E-state index in [0.717, 1.165) is 4.90 Å². The summed E-state index contributed by atoms with van der Waals surface area (Å²) < 4.78 is 0. The number of carboxylic acids is 1. The van der Waals surface area contributed by atoms with Crippen LogP contribution in [0.3, 0.4) is 0 Å². The van der Waals surface area contributed by atoms with Crippen molar-refractivity contribution in [3.8, 4) is 5.75 Å². The average Bonchev–Trinajstić information content (AvgIpc) is 2.34. The van der Waals surface area contributed by atoms with Gasteiger partial charge in [0.1, 0.15) is 12.3 Å². The van der Waals surface area contributed by atoms with Gasteiger partial charge in [-0.1, -0.05) is 0 Å². The highest BCUT2D eigenvalue weighted by Crippen LogP contribution is 2.18. The first-order chi connectivity index (χ1) is 8.90. The first kappa shape index (κ1) is 14.5. The molecule has 0 spiro atoms. The zero-order chi connectivity index (χ0) is 14.4. The number of aliphatic carboxylic acids is 1. The molecule has 0 saturated carbocycles. The van der Waals surface area contributed by atoms with Gasteiger partial charge >= 0.3 is 5.97 Å². The second-order valence-electron chi connectivity index (χ2n) is 3.80. The van der Waals surface area contributed by atoms with Crippen LogP contribution in [0.15, 0.2) is 24.3 Å². The number of carboxylic acid groups (broad SMARTS) is 1. The zero-order valence-electron chi connectivity index (χ0n) is 10.3. The predicted octanol–water partition coefficient (Wildman–Crippen LogP) is -0.0541. The molecule has 0 saturated heterocycles. The molecular weight excluding hydrogens is 252 g/mol. The molecule has 1 rings (SSSR count). The number of benzene rings is 1. The van der Waals surface area contributed by atoms with Crippen LogP contribution in [-0.2, 0) is 14.4 Å². The van der Waals surface area contributed by atoms with Crippen molar-refractivity contribution in [3.63, 3.8) is 0 Å². The second-order valence-corrected chi connectivity index (χ2v) is 3.80. The monoisotopic (exact) mass is 266 g/mol. The van der Waals surface area contributed by atoms with Gasteiger partial charge in [0.25, 0.3) is 0 Å². The van der Waals surface area contributed by atoms with Crippen molar-refractivity contribution in [3.05, 3.63) is 24.3 Å². The molecule has 7 heteroatoms. The smallest absolute Gasteiger partial charge is 0.323 e. The number of amides is 2. The van der Waals surface area contributed by atoms with Crippen LogP contribution in [0.25, 0.3) is 0 Å². The zero-order valence-corrected chi connectivity index (χ0v) is 10.3.